The molecule has 2 heterocycles. The van der Waals surface area contributed by atoms with E-state index >= 15 is 0 Å². The molecule has 0 spiro atoms. The standard InChI is InChI=1S/C21H18BrN3O2/c1-13(26)14-6-7-19-18(9-14)24-12-25(19)16-5-3-4-15(8-16)17-10-21(22)23-11-20(17)27-2/h3-13,26H,1-2H3/t13-/m1/s1. The summed E-state index contributed by atoms with van der Waals surface area (Å²) in [6.45, 7) is 1.75. The minimum Gasteiger partial charge on any atom is -0.494 e. The number of aromatic nitrogens is 3. The maximum Gasteiger partial charge on any atom is 0.145 e. The summed E-state index contributed by atoms with van der Waals surface area (Å²) in [4.78, 5) is 8.73. The topological polar surface area (TPSA) is 60.2 Å². The molecule has 0 aliphatic rings. The molecule has 136 valence electrons. The van der Waals surface area contributed by atoms with E-state index in [1.54, 1.807) is 26.6 Å². The van der Waals surface area contributed by atoms with Gasteiger partial charge >= 0.3 is 0 Å². The van der Waals surface area contributed by atoms with E-state index in [9.17, 15) is 5.11 Å². The number of pyridine rings is 1. The number of hydrogen-bond donors (Lipinski definition) is 1. The number of aliphatic hydroxyl groups excluding tert-OH is 1. The van der Waals surface area contributed by atoms with Crippen LogP contribution in [-0.2, 0) is 0 Å². The Labute approximate surface area is 165 Å². The fourth-order valence-corrected chi connectivity index (χ4v) is 3.46. The van der Waals surface area contributed by atoms with Crippen LogP contribution in [0.4, 0.5) is 0 Å². The van der Waals surface area contributed by atoms with Crippen molar-refractivity contribution in [2.45, 2.75) is 13.0 Å². The van der Waals surface area contributed by atoms with Crippen LogP contribution < -0.4 is 4.74 Å². The van der Waals surface area contributed by atoms with Gasteiger partial charge in [-0.1, -0.05) is 18.2 Å². The van der Waals surface area contributed by atoms with Crippen LogP contribution in [-0.4, -0.2) is 26.8 Å². The number of halogens is 1. The van der Waals surface area contributed by atoms with Crippen LogP contribution >= 0.6 is 15.9 Å². The maximum atomic E-state index is 9.79. The third-order valence-electron chi connectivity index (χ3n) is 4.54. The predicted octanol–water partition coefficient (Wildman–Crippen LogP) is 4.91. The summed E-state index contributed by atoms with van der Waals surface area (Å²) >= 11 is 3.43. The first-order valence-corrected chi connectivity index (χ1v) is 9.31. The number of fused-ring (bicyclic) bond motifs is 1. The quantitative estimate of drug-likeness (QED) is 0.473. The normalized spacial score (nSPS) is 12.3. The van der Waals surface area contributed by atoms with Crippen LogP contribution in [0.1, 0.15) is 18.6 Å². The van der Waals surface area contributed by atoms with Crippen molar-refractivity contribution in [3.8, 4) is 22.6 Å². The van der Waals surface area contributed by atoms with Crippen LogP contribution in [0.2, 0.25) is 0 Å². The third kappa shape index (κ3) is 3.34. The number of rotatable bonds is 4. The molecule has 4 aromatic rings. The van der Waals surface area contributed by atoms with E-state index in [1.807, 2.05) is 47.0 Å². The van der Waals surface area contributed by atoms with Crippen LogP contribution in [0.15, 0.2) is 65.7 Å². The minimum absolute atomic E-state index is 0.513. The lowest BCUT2D eigenvalue weighted by atomic mass is 10.1. The Morgan fingerprint density at radius 3 is 2.74 bits per heavy atom. The highest BCUT2D eigenvalue weighted by atomic mass is 79.9. The number of hydrogen-bond acceptors (Lipinski definition) is 4. The molecule has 0 saturated heterocycles. The average Bonchev–Trinajstić information content (AvgIpc) is 3.11. The molecule has 0 saturated carbocycles. The Morgan fingerprint density at radius 2 is 1.96 bits per heavy atom. The van der Waals surface area contributed by atoms with Gasteiger partial charge in [0.1, 0.15) is 16.7 Å². The Kier molecular flexibility index (Phi) is 4.68. The summed E-state index contributed by atoms with van der Waals surface area (Å²) in [6, 6.07) is 16.0. The van der Waals surface area contributed by atoms with Crippen molar-refractivity contribution < 1.29 is 9.84 Å². The van der Waals surface area contributed by atoms with Crippen LogP contribution in [0.5, 0.6) is 5.75 Å². The van der Waals surface area contributed by atoms with Gasteiger partial charge in [0.2, 0.25) is 0 Å². The Morgan fingerprint density at radius 1 is 1.11 bits per heavy atom. The largest absolute Gasteiger partial charge is 0.494 e. The van der Waals surface area contributed by atoms with Crippen molar-refractivity contribution in [1.29, 1.82) is 0 Å². The van der Waals surface area contributed by atoms with Gasteiger partial charge in [0, 0.05) is 11.3 Å². The number of ether oxygens (including phenoxy) is 1. The molecule has 1 N–H and O–H groups in total. The van der Waals surface area contributed by atoms with Crippen LogP contribution in [0, 0.1) is 0 Å². The molecule has 0 aliphatic carbocycles. The molecule has 0 unspecified atom stereocenters. The smallest absolute Gasteiger partial charge is 0.145 e. The third-order valence-corrected chi connectivity index (χ3v) is 4.98. The molecule has 0 amide bonds. The number of nitrogens with zero attached hydrogens (tertiary/aromatic N) is 3. The zero-order valence-corrected chi connectivity index (χ0v) is 16.5. The molecule has 2 aromatic carbocycles. The predicted molar refractivity (Wildman–Crippen MR) is 109 cm³/mol. The summed E-state index contributed by atoms with van der Waals surface area (Å²) in [5, 5.41) is 9.79. The SMILES string of the molecule is COc1cnc(Br)cc1-c1cccc(-n2cnc3cc([C@@H](C)O)ccc32)c1. The van der Waals surface area contributed by atoms with E-state index in [0.717, 1.165) is 38.0 Å². The summed E-state index contributed by atoms with van der Waals surface area (Å²) in [6.07, 6.45) is 2.99. The number of methoxy groups -OCH3 is 1. The van der Waals surface area contributed by atoms with Gasteiger partial charge in [0.15, 0.2) is 0 Å². The summed E-state index contributed by atoms with van der Waals surface area (Å²) in [5.74, 6) is 0.715. The van der Waals surface area contributed by atoms with Crippen molar-refractivity contribution in [3.05, 3.63) is 71.2 Å². The molecule has 2 aromatic heterocycles. The maximum absolute atomic E-state index is 9.79. The zero-order valence-electron chi connectivity index (χ0n) is 14.9. The second-order valence-electron chi connectivity index (χ2n) is 6.30. The second-order valence-corrected chi connectivity index (χ2v) is 7.11. The lowest BCUT2D eigenvalue weighted by Crippen LogP contribution is -1.95. The summed E-state index contributed by atoms with van der Waals surface area (Å²) in [5.41, 5.74) is 5.67. The zero-order chi connectivity index (χ0) is 19.0. The molecular formula is C21H18BrN3O2. The van der Waals surface area contributed by atoms with E-state index in [-0.39, 0.29) is 0 Å². The van der Waals surface area contributed by atoms with E-state index in [1.165, 1.54) is 0 Å². The van der Waals surface area contributed by atoms with Gasteiger partial charge < -0.3 is 9.84 Å². The lowest BCUT2D eigenvalue weighted by Gasteiger charge is -2.11. The fourth-order valence-electron chi connectivity index (χ4n) is 3.12. The van der Waals surface area contributed by atoms with Gasteiger partial charge in [-0.2, -0.15) is 0 Å². The monoisotopic (exact) mass is 423 g/mol. The highest BCUT2D eigenvalue weighted by Crippen LogP contribution is 2.33. The molecule has 0 aliphatic heterocycles. The fraction of sp³-hybridized carbons (Fsp3) is 0.143. The van der Waals surface area contributed by atoms with Crippen molar-refractivity contribution >= 4 is 27.0 Å². The summed E-state index contributed by atoms with van der Waals surface area (Å²) < 4.78 is 8.25. The molecule has 27 heavy (non-hydrogen) atoms. The van der Waals surface area contributed by atoms with Crippen molar-refractivity contribution in [2.24, 2.45) is 0 Å². The van der Waals surface area contributed by atoms with E-state index in [2.05, 4.69) is 32.0 Å². The van der Waals surface area contributed by atoms with Gasteiger partial charge in [-0.05, 0) is 64.3 Å². The molecule has 0 bridgehead atoms. The lowest BCUT2D eigenvalue weighted by molar-refractivity contribution is 0.199. The molecule has 1 atom stereocenters. The molecule has 5 nitrogen and oxygen atoms in total. The Balaban J connectivity index is 1.82. The van der Waals surface area contributed by atoms with Gasteiger partial charge in [0.05, 0.1) is 30.4 Å². The molecular weight excluding hydrogens is 406 g/mol. The van der Waals surface area contributed by atoms with Gasteiger partial charge in [-0.25, -0.2) is 9.97 Å². The highest BCUT2D eigenvalue weighted by Gasteiger charge is 2.11. The number of aliphatic hydroxyl groups is 1. The molecule has 0 fully saturated rings. The van der Waals surface area contributed by atoms with Crippen LogP contribution in [0.3, 0.4) is 0 Å². The molecule has 6 heteroatoms. The van der Waals surface area contributed by atoms with E-state index in [0.29, 0.717) is 5.75 Å². The second kappa shape index (κ2) is 7.13. The number of benzene rings is 2. The van der Waals surface area contributed by atoms with Gasteiger partial charge in [0.25, 0.3) is 0 Å². The van der Waals surface area contributed by atoms with Crippen molar-refractivity contribution in [2.75, 3.05) is 7.11 Å². The molecule has 4 rings (SSSR count). The number of imidazole rings is 1. The van der Waals surface area contributed by atoms with E-state index < -0.39 is 6.10 Å². The average molecular weight is 424 g/mol. The Hall–Kier alpha value is -2.70. The van der Waals surface area contributed by atoms with Crippen LogP contribution in [0.25, 0.3) is 27.8 Å². The first kappa shape index (κ1) is 17.7. The minimum atomic E-state index is -0.513. The van der Waals surface area contributed by atoms with Gasteiger partial charge in [-0.15, -0.1) is 0 Å². The first-order chi connectivity index (χ1) is 13.1. The molecule has 0 radical (unpaired) electrons. The highest BCUT2D eigenvalue weighted by molar-refractivity contribution is 9.10. The summed E-state index contributed by atoms with van der Waals surface area (Å²) in [7, 11) is 1.64. The first-order valence-electron chi connectivity index (χ1n) is 8.52. The van der Waals surface area contributed by atoms with Crippen molar-refractivity contribution in [1.82, 2.24) is 14.5 Å². The van der Waals surface area contributed by atoms with Crippen molar-refractivity contribution in [3.63, 3.8) is 0 Å². The Bertz CT molecular complexity index is 1120. The van der Waals surface area contributed by atoms with Gasteiger partial charge in [-0.3, -0.25) is 4.57 Å². The van der Waals surface area contributed by atoms with E-state index in [4.69, 9.17) is 4.74 Å².